The number of carboxylic acids is 1. The lowest BCUT2D eigenvalue weighted by molar-refractivity contribution is -0.145. The van der Waals surface area contributed by atoms with Crippen molar-refractivity contribution in [1.82, 2.24) is 30.5 Å². The molecule has 0 radical (unpaired) electrons. The molecular formula is C34H40N6O7S. The first-order valence-electron chi connectivity index (χ1n) is 16.3. The van der Waals surface area contributed by atoms with Crippen LogP contribution < -0.4 is 15.4 Å². The highest BCUT2D eigenvalue weighted by Gasteiger charge is 2.61. The Morgan fingerprint density at radius 1 is 1.15 bits per heavy atom. The predicted molar refractivity (Wildman–Crippen MR) is 177 cm³/mol. The van der Waals surface area contributed by atoms with E-state index in [1.54, 1.807) is 39.1 Å². The van der Waals surface area contributed by atoms with Gasteiger partial charge in [0.15, 0.2) is 5.82 Å². The summed E-state index contributed by atoms with van der Waals surface area (Å²) in [5.41, 5.74) is -1.66. The molecule has 3 aromatic heterocycles. The second-order valence-corrected chi connectivity index (χ2v) is 14.4. The summed E-state index contributed by atoms with van der Waals surface area (Å²) in [7, 11) is 0. The van der Waals surface area contributed by atoms with Crippen LogP contribution >= 0.6 is 11.3 Å². The average Bonchev–Trinajstić information content (AvgIpc) is 3.33. The van der Waals surface area contributed by atoms with Gasteiger partial charge in [-0.3, -0.25) is 14.6 Å². The highest BCUT2D eigenvalue weighted by Crippen LogP contribution is 2.45. The van der Waals surface area contributed by atoms with E-state index in [9.17, 15) is 24.3 Å². The normalized spacial score (nSPS) is 27.1. The van der Waals surface area contributed by atoms with Gasteiger partial charge in [-0.2, -0.15) is 4.98 Å². The number of aromatic nitrogens is 3. The number of rotatable bonds is 5. The molecule has 14 heteroatoms. The van der Waals surface area contributed by atoms with E-state index in [4.69, 9.17) is 9.47 Å². The van der Waals surface area contributed by atoms with Crippen LogP contribution in [0.5, 0.6) is 5.88 Å². The zero-order valence-corrected chi connectivity index (χ0v) is 28.0. The van der Waals surface area contributed by atoms with Crippen LogP contribution in [-0.2, 0) is 19.1 Å². The Labute approximate surface area is 282 Å². The van der Waals surface area contributed by atoms with Crippen molar-refractivity contribution < 1.29 is 33.8 Å². The Balaban J connectivity index is 1.31. The number of thiophene rings is 1. The van der Waals surface area contributed by atoms with Crippen molar-refractivity contribution in [1.29, 1.82) is 0 Å². The largest absolute Gasteiger partial charge is 0.479 e. The van der Waals surface area contributed by atoms with Gasteiger partial charge >= 0.3 is 12.1 Å². The van der Waals surface area contributed by atoms with E-state index in [2.05, 4.69) is 25.6 Å². The maximum atomic E-state index is 14.3. The molecule has 2 aliphatic heterocycles. The minimum atomic E-state index is -1.44. The van der Waals surface area contributed by atoms with Crippen LogP contribution in [0.3, 0.4) is 0 Å². The van der Waals surface area contributed by atoms with Crippen molar-refractivity contribution in [3.05, 3.63) is 48.0 Å². The molecule has 0 aromatic carbocycles. The number of hydrogen-bond donors (Lipinski definition) is 3. The van der Waals surface area contributed by atoms with Gasteiger partial charge in [0.1, 0.15) is 39.9 Å². The third-order valence-corrected chi connectivity index (χ3v) is 9.58. The smallest absolute Gasteiger partial charge is 0.408 e. The van der Waals surface area contributed by atoms with Crippen LogP contribution in [0, 0.1) is 5.92 Å². The number of fused-ring (bicyclic) bond motifs is 3. The second-order valence-electron chi connectivity index (χ2n) is 13.5. The monoisotopic (exact) mass is 676 g/mol. The first-order chi connectivity index (χ1) is 22.9. The van der Waals surface area contributed by atoms with Crippen molar-refractivity contribution in [2.75, 3.05) is 6.54 Å². The Morgan fingerprint density at radius 3 is 2.73 bits per heavy atom. The van der Waals surface area contributed by atoms with Gasteiger partial charge in [-0.05, 0) is 70.0 Å². The first kappa shape index (κ1) is 33.3. The number of pyridine rings is 1. The number of allylic oxidation sites excluding steroid dienone is 1. The zero-order valence-electron chi connectivity index (χ0n) is 27.2. The second kappa shape index (κ2) is 13.5. The van der Waals surface area contributed by atoms with E-state index in [1.807, 2.05) is 29.7 Å². The third kappa shape index (κ3) is 7.28. The van der Waals surface area contributed by atoms with Crippen LogP contribution in [0.1, 0.15) is 65.7 Å². The lowest BCUT2D eigenvalue weighted by Gasteiger charge is -2.30. The minimum absolute atomic E-state index is 0.0153. The molecule has 3 aromatic rings. The van der Waals surface area contributed by atoms with E-state index in [1.165, 1.54) is 16.2 Å². The zero-order chi connectivity index (χ0) is 34.1. The maximum absolute atomic E-state index is 14.3. The molecule has 1 saturated carbocycles. The fourth-order valence-corrected chi connectivity index (χ4v) is 7.04. The van der Waals surface area contributed by atoms with Gasteiger partial charge in [0, 0.05) is 18.5 Å². The fraction of sp³-hybridized carbons (Fsp3) is 0.500. The number of ether oxygens (including phenoxy) is 2. The summed E-state index contributed by atoms with van der Waals surface area (Å²) < 4.78 is 11.9. The van der Waals surface area contributed by atoms with E-state index in [-0.39, 0.29) is 25.3 Å². The Morgan fingerprint density at radius 2 is 1.98 bits per heavy atom. The molecule has 5 heterocycles. The summed E-state index contributed by atoms with van der Waals surface area (Å²) in [5.74, 6) is -1.85. The molecule has 0 spiro atoms. The van der Waals surface area contributed by atoms with Gasteiger partial charge in [-0.1, -0.05) is 31.1 Å². The highest BCUT2D eigenvalue weighted by molar-refractivity contribution is 7.16. The first-order valence-corrected chi connectivity index (χ1v) is 17.2. The van der Waals surface area contributed by atoms with Gasteiger partial charge in [-0.15, -0.1) is 11.3 Å². The molecule has 3 amide bonds. The lowest BCUT2D eigenvalue weighted by atomic mass is 10.0. The van der Waals surface area contributed by atoms with Crippen molar-refractivity contribution in [2.24, 2.45) is 5.92 Å². The summed E-state index contributed by atoms with van der Waals surface area (Å²) >= 11 is 1.42. The van der Waals surface area contributed by atoms with Crippen LogP contribution in [0.15, 0.2) is 48.0 Å². The number of alkyl carbamates (subject to hydrolysis) is 1. The summed E-state index contributed by atoms with van der Waals surface area (Å²) in [6, 6.07) is 5.27. The minimum Gasteiger partial charge on any atom is -0.479 e. The topological polar surface area (TPSA) is 173 Å². The van der Waals surface area contributed by atoms with Gasteiger partial charge in [0.05, 0.1) is 11.9 Å². The summed E-state index contributed by atoms with van der Waals surface area (Å²) in [6.07, 6.45) is 7.79. The van der Waals surface area contributed by atoms with Crippen molar-refractivity contribution in [3.63, 3.8) is 0 Å². The molecule has 5 atom stereocenters. The molecule has 0 unspecified atom stereocenters. The maximum Gasteiger partial charge on any atom is 0.408 e. The molecule has 1 saturated heterocycles. The molecule has 0 bridgehead atoms. The fourth-order valence-electron chi connectivity index (χ4n) is 6.28. The predicted octanol–water partition coefficient (Wildman–Crippen LogP) is 4.47. The van der Waals surface area contributed by atoms with Gasteiger partial charge in [-0.25, -0.2) is 14.6 Å². The van der Waals surface area contributed by atoms with Crippen LogP contribution in [0.4, 0.5) is 4.79 Å². The summed E-state index contributed by atoms with van der Waals surface area (Å²) in [5, 5.41) is 18.2. The van der Waals surface area contributed by atoms with E-state index < -0.39 is 53.2 Å². The Kier molecular flexibility index (Phi) is 9.37. The Hall–Kier alpha value is -4.59. The van der Waals surface area contributed by atoms with Crippen molar-refractivity contribution in [2.45, 2.75) is 95.0 Å². The van der Waals surface area contributed by atoms with Crippen LogP contribution in [0.2, 0.25) is 0 Å². The number of hydrogen-bond acceptors (Lipinski definition) is 10. The molecular weight excluding hydrogens is 636 g/mol. The van der Waals surface area contributed by atoms with Gasteiger partial charge in [0.2, 0.25) is 17.7 Å². The molecule has 2 fully saturated rings. The quantitative estimate of drug-likeness (QED) is 0.327. The van der Waals surface area contributed by atoms with Gasteiger partial charge in [0.25, 0.3) is 0 Å². The average molecular weight is 677 g/mol. The molecule has 48 heavy (non-hydrogen) atoms. The van der Waals surface area contributed by atoms with E-state index >= 15 is 0 Å². The van der Waals surface area contributed by atoms with E-state index in [0.29, 0.717) is 40.5 Å². The summed E-state index contributed by atoms with van der Waals surface area (Å²) in [6.45, 7) is 5.23. The number of aliphatic carboxylic acids is 1. The highest BCUT2D eigenvalue weighted by atomic mass is 32.1. The van der Waals surface area contributed by atoms with E-state index in [0.717, 1.165) is 19.3 Å². The van der Waals surface area contributed by atoms with Crippen LogP contribution in [-0.4, -0.2) is 84.7 Å². The van der Waals surface area contributed by atoms with Crippen molar-refractivity contribution >= 4 is 45.4 Å². The third-order valence-electron chi connectivity index (χ3n) is 8.77. The molecule has 6 rings (SSSR count). The number of carbonyl (C=O) groups excluding carboxylic acids is 3. The molecule has 254 valence electrons. The molecule has 1 aliphatic carbocycles. The number of nitrogens with zero attached hydrogens (tertiary/aromatic N) is 4. The number of amides is 3. The lowest BCUT2D eigenvalue weighted by Crippen LogP contribution is -2.56. The van der Waals surface area contributed by atoms with Gasteiger partial charge < -0.3 is 30.1 Å². The van der Waals surface area contributed by atoms with Crippen molar-refractivity contribution in [3.8, 4) is 17.4 Å². The molecule has 3 aliphatic rings. The molecule has 3 N–H and O–H groups in total. The van der Waals surface area contributed by atoms with Crippen LogP contribution in [0.25, 0.3) is 21.7 Å². The number of carbonyl (C=O) groups is 4. The SMILES string of the molecule is CC(C)(C)OC(=O)N[C@H]1CCCCC/C=C/[C@@H]2C[C@@]2(C(=O)O)NC(=O)[C@@H]2C[C@@H](Oc3nc(-c4ccccn4)nc4sccc34)CN2C1=O. The molecule has 13 nitrogen and oxygen atoms in total. The number of carboxylic acid groups (broad SMARTS) is 1. The summed E-state index contributed by atoms with van der Waals surface area (Å²) in [4.78, 5) is 69.3. The number of nitrogens with one attached hydrogen (secondary N) is 2. The standard InChI is InChI=1S/C34H40N6O7S/c1-33(2,3)47-32(45)36-24-13-8-6-4-5-7-11-20-18-34(20,31(43)44)39-27(41)25-17-21(19-40(25)30(24)42)46-28-22-14-16-48-29(22)38-26(37-28)23-12-9-10-15-35-23/h7,9-12,14-16,20-21,24-25H,4-6,8,13,17-19H2,1-3H3,(H,36,45)(H,39,41)(H,43,44)/b11-7+/t20-,21-,24+,25+,34-/m1/s1. The Bertz CT molecular complexity index is 1720.